The summed E-state index contributed by atoms with van der Waals surface area (Å²) in [6.45, 7) is 6.82. The molecule has 0 bridgehead atoms. The third-order valence-electron chi connectivity index (χ3n) is 5.49. The zero-order chi connectivity index (χ0) is 19.1. The lowest BCUT2D eigenvalue weighted by Crippen LogP contribution is -2.47. The molecule has 2 unspecified atom stereocenters. The average molecular weight is 386 g/mol. The van der Waals surface area contributed by atoms with Gasteiger partial charge >= 0.3 is 0 Å². The van der Waals surface area contributed by atoms with Gasteiger partial charge in [0.1, 0.15) is 10.6 Å². The summed E-state index contributed by atoms with van der Waals surface area (Å²) in [6.07, 6.45) is 3.32. The average Bonchev–Trinajstić information content (AvgIpc) is 3.18. The van der Waals surface area contributed by atoms with Crippen molar-refractivity contribution in [2.45, 2.75) is 58.7 Å². The minimum Gasteiger partial charge on any atom is -0.333 e. The lowest BCUT2D eigenvalue weighted by atomic mass is 9.97. The summed E-state index contributed by atoms with van der Waals surface area (Å²) in [5, 5.41) is 5.65. The molecule has 1 fully saturated rings. The van der Waals surface area contributed by atoms with Crippen molar-refractivity contribution in [3.8, 4) is 0 Å². The van der Waals surface area contributed by atoms with Crippen molar-refractivity contribution in [3.63, 3.8) is 0 Å². The number of benzene rings is 1. The fourth-order valence-electron chi connectivity index (χ4n) is 4.04. The van der Waals surface area contributed by atoms with Gasteiger partial charge in [-0.3, -0.25) is 9.48 Å². The highest BCUT2D eigenvalue weighted by Crippen LogP contribution is 2.32. The molecule has 3 heterocycles. The number of carbonyl (C=O) groups excluding carboxylic acids is 1. The molecule has 0 spiro atoms. The third-order valence-corrected chi connectivity index (χ3v) is 6.63. The Morgan fingerprint density at radius 2 is 1.89 bits per heavy atom. The fourth-order valence-corrected chi connectivity index (χ4v) is 5.14. The molecule has 1 saturated heterocycles. The Labute approximate surface area is 162 Å². The number of hydrogen-bond donors (Lipinski definition) is 0. The minimum atomic E-state index is -0.241. The molecule has 0 radical (unpaired) electrons. The van der Waals surface area contributed by atoms with Crippen LogP contribution in [-0.2, 0) is 6.54 Å². The van der Waals surface area contributed by atoms with E-state index in [0.29, 0.717) is 6.54 Å². The molecule has 27 heavy (non-hydrogen) atoms. The van der Waals surface area contributed by atoms with Gasteiger partial charge in [0.2, 0.25) is 0 Å². The molecule has 0 saturated carbocycles. The molecule has 1 aliphatic heterocycles. The Morgan fingerprint density at radius 1 is 1.22 bits per heavy atom. The molecule has 2 atom stereocenters. The molecule has 0 aliphatic carbocycles. The van der Waals surface area contributed by atoms with E-state index in [9.17, 15) is 9.18 Å². The van der Waals surface area contributed by atoms with Gasteiger partial charge in [0.05, 0.1) is 17.1 Å². The summed E-state index contributed by atoms with van der Waals surface area (Å²) in [4.78, 5) is 17.0. The molecule has 1 amide bonds. The van der Waals surface area contributed by atoms with Crippen LogP contribution in [0.15, 0.2) is 30.3 Å². The van der Waals surface area contributed by atoms with Crippen molar-refractivity contribution in [1.29, 1.82) is 0 Å². The fraction of sp³-hybridized carbons (Fsp3) is 0.429. The van der Waals surface area contributed by atoms with Crippen LogP contribution in [0.5, 0.6) is 0 Å². The molecule has 1 aromatic carbocycles. The summed E-state index contributed by atoms with van der Waals surface area (Å²) in [5.41, 5.74) is 1.91. The summed E-state index contributed by atoms with van der Waals surface area (Å²) in [5.74, 6) is -0.113. The van der Waals surface area contributed by atoms with Crippen LogP contribution in [0.4, 0.5) is 4.39 Å². The number of halogens is 1. The first kappa shape index (κ1) is 18.2. The Morgan fingerprint density at radius 3 is 2.56 bits per heavy atom. The number of aromatic nitrogens is 2. The van der Waals surface area contributed by atoms with Crippen molar-refractivity contribution < 1.29 is 9.18 Å². The molecule has 142 valence electrons. The van der Waals surface area contributed by atoms with Crippen LogP contribution in [0.25, 0.3) is 10.2 Å². The molecule has 6 heteroatoms. The van der Waals surface area contributed by atoms with E-state index in [-0.39, 0.29) is 23.8 Å². The second kappa shape index (κ2) is 7.08. The number of rotatable bonds is 3. The normalized spacial score (nSPS) is 20.4. The van der Waals surface area contributed by atoms with Gasteiger partial charge in [0.15, 0.2) is 0 Å². The maximum absolute atomic E-state index is 13.2. The summed E-state index contributed by atoms with van der Waals surface area (Å²) in [7, 11) is 0. The summed E-state index contributed by atoms with van der Waals surface area (Å²) < 4.78 is 15.1. The summed E-state index contributed by atoms with van der Waals surface area (Å²) in [6, 6.07) is 9.02. The number of amides is 1. The van der Waals surface area contributed by atoms with Gasteiger partial charge in [0, 0.05) is 17.5 Å². The van der Waals surface area contributed by atoms with E-state index in [4.69, 9.17) is 0 Å². The van der Waals surface area contributed by atoms with Crippen LogP contribution >= 0.6 is 11.3 Å². The lowest BCUT2D eigenvalue weighted by Gasteiger charge is -2.38. The van der Waals surface area contributed by atoms with Gasteiger partial charge in [-0.05, 0) is 63.8 Å². The Kier molecular flexibility index (Phi) is 4.76. The summed E-state index contributed by atoms with van der Waals surface area (Å²) >= 11 is 1.51. The van der Waals surface area contributed by atoms with Crippen molar-refractivity contribution in [1.82, 2.24) is 14.7 Å². The molecule has 0 N–H and O–H groups in total. The van der Waals surface area contributed by atoms with Crippen molar-refractivity contribution in [2.75, 3.05) is 0 Å². The van der Waals surface area contributed by atoms with Gasteiger partial charge in [-0.2, -0.15) is 5.10 Å². The molecular formula is C21H24FN3OS. The van der Waals surface area contributed by atoms with E-state index in [1.807, 2.05) is 22.6 Å². The van der Waals surface area contributed by atoms with Crippen LogP contribution in [0, 0.1) is 12.7 Å². The molecule has 1 aliphatic rings. The second-order valence-electron chi connectivity index (χ2n) is 7.54. The Balaban J connectivity index is 1.66. The van der Waals surface area contributed by atoms with E-state index in [2.05, 4.69) is 18.9 Å². The number of nitrogens with zero attached hydrogens (tertiary/aromatic N) is 3. The van der Waals surface area contributed by atoms with E-state index in [0.717, 1.165) is 39.2 Å². The van der Waals surface area contributed by atoms with Crippen molar-refractivity contribution in [2.24, 2.45) is 0 Å². The zero-order valence-corrected chi connectivity index (χ0v) is 16.7. The van der Waals surface area contributed by atoms with Crippen molar-refractivity contribution >= 4 is 27.5 Å². The van der Waals surface area contributed by atoms with Crippen LogP contribution in [0.2, 0.25) is 0 Å². The van der Waals surface area contributed by atoms with E-state index in [1.54, 1.807) is 12.1 Å². The number of carbonyl (C=O) groups is 1. The molecule has 2 aromatic heterocycles. The highest BCUT2D eigenvalue weighted by atomic mass is 32.1. The van der Waals surface area contributed by atoms with Crippen LogP contribution in [-0.4, -0.2) is 32.7 Å². The number of aryl methyl sites for hydroxylation is 1. The van der Waals surface area contributed by atoms with Gasteiger partial charge in [0.25, 0.3) is 5.91 Å². The maximum Gasteiger partial charge on any atom is 0.264 e. The smallest absolute Gasteiger partial charge is 0.264 e. The van der Waals surface area contributed by atoms with Crippen LogP contribution in [0.3, 0.4) is 0 Å². The molecular weight excluding hydrogens is 361 g/mol. The third kappa shape index (κ3) is 3.38. The van der Waals surface area contributed by atoms with Crippen LogP contribution in [0.1, 0.15) is 54.0 Å². The van der Waals surface area contributed by atoms with Gasteiger partial charge in [-0.1, -0.05) is 12.1 Å². The topological polar surface area (TPSA) is 38.1 Å². The van der Waals surface area contributed by atoms with Crippen molar-refractivity contribution in [3.05, 3.63) is 52.3 Å². The second-order valence-corrected chi connectivity index (χ2v) is 8.57. The predicted molar refractivity (Wildman–Crippen MR) is 107 cm³/mol. The lowest BCUT2D eigenvalue weighted by molar-refractivity contribution is 0.0516. The molecule has 3 aromatic rings. The quantitative estimate of drug-likeness (QED) is 0.636. The van der Waals surface area contributed by atoms with E-state index < -0.39 is 0 Å². The first-order valence-corrected chi connectivity index (χ1v) is 10.3. The Bertz CT molecular complexity index is 965. The first-order chi connectivity index (χ1) is 12.9. The SMILES string of the molecule is Cc1nn(Cc2ccc(F)cc2)c2sc(C(=O)N3C(C)CCCC3C)cc12. The maximum atomic E-state index is 13.2. The standard InChI is InChI=1S/C21H24FN3OS/c1-13-5-4-6-14(2)25(13)20(26)19-11-18-15(3)23-24(21(18)27-19)12-16-7-9-17(22)10-8-16/h7-11,13-14H,4-6,12H2,1-3H3. The monoisotopic (exact) mass is 385 g/mol. The number of piperidine rings is 1. The van der Waals surface area contributed by atoms with Gasteiger partial charge in [-0.25, -0.2) is 4.39 Å². The number of hydrogen-bond acceptors (Lipinski definition) is 3. The predicted octanol–water partition coefficient (Wildman–Crippen LogP) is 5.00. The highest BCUT2D eigenvalue weighted by molar-refractivity contribution is 7.20. The van der Waals surface area contributed by atoms with E-state index >= 15 is 0 Å². The largest absolute Gasteiger partial charge is 0.333 e. The van der Waals surface area contributed by atoms with Gasteiger partial charge in [-0.15, -0.1) is 11.3 Å². The van der Waals surface area contributed by atoms with Crippen LogP contribution < -0.4 is 0 Å². The number of likely N-dealkylation sites (tertiary alicyclic amines) is 1. The van der Waals surface area contributed by atoms with E-state index in [1.165, 1.54) is 29.9 Å². The number of thiophene rings is 1. The minimum absolute atomic E-state index is 0.128. The molecule has 4 rings (SSSR count). The van der Waals surface area contributed by atoms with Gasteiger partial charge < -0.3 is 4.90 Å². The highest BCUT2D eigenvalue weighted by Gasteiger charge is 2.31. The Hall–Kier alpha value is -2.21. The molecule has 4 nitrogen and oxygen atoms in total. The zero-order valence-electron chi connectivity index (χ0n) is 15.9. The number of fused-ring (bicyclic) bond motifs is 1. The first-order valence-electron chi connectivity index (χ1n) is 9.48.